The molecule has 8 heteroatoms. The predicted octanol–water partition coefficient (Wildman–Crippen LogP) is 4.18. The monoisotopic (exact) mass is 435 g/mol. The van der Waals surface area contributed by atoms with Crippen molar-refractivity contribution in [3.63, 3.8) is 0 Å². The number of hydrogen-bond acceptors (Lipinski definition) is 5. The van der Waals surface area contributed by atoms with Crippen LogP contribution in [0.25, 0.3) is 0 Å². The number of amides is 1. The van der Waals surface area contributed by atoms with Gasteiger partial charge in [-0.1, -0.05) is 12.1 Å². The molecule has 1 unspecified atom stereocenters. The fourth-order valence-electron chi connectivity index (χ4n) is 4.40. The molecule has 2 aliphatic rings. The number of nitrogens with zero attached hydrogens (tertiary/aromatic N) is 2. The molecule has 1 spiro atoms. The molecule has 1 amide bonds. The minimum atomic E-state index is -0.390. The molecule has 1 N–H and O–H groups in total. The Bertz CT molecular complexity index is 853. The van der Waals surface area contributed by atoms with Crippen molar-refractivity contribution in [2.45, 2.75) is 44.7 Å². The third-order valence-corrected chi connectivity index (χ3v) is 6.86. The Kier molecular flexibility index (Phi) is 6.93. The van der Waals surface area contributed by atoms with Gasteiger partial charge in [-0.2, -0.15) is 11.3 Å². The molecule has 4 rings (SSSR count). The molecule has 1 saturated carbocycles. The molecule has 0 bridgehead atoms. The van der Waals surface area contributed by atoms with Crippen molar-refractivity contribution < 1.29 is 9.72 Å². The zero-order valence-electron chi connectivity index (χ0n) is 16.2. The van der Waals surface area contributed by atoms with Crippen LogP contribution in [0.1, 0.15) is 36.8 Å². The van der Waals surface area contributed by atoms with Crippen LogP contribution >= 0.6 is 23.7 Å². The standard InChI is InChI=1S/C21H25N3O3S.ClH/c25-20(5-4-16-2-1-3-18(12-16)24(26)27)23(14-17-6-11-28-15-17)19-13-21(19)7-9-22-10-8-21;/h1-3,6,11-12,15,19,22H,4-5,7-10,13-14H2;1H. The van der Waals surface area contributed by atoms with E-state index in [9.17, 15) is 14.9 Å². The molecule has 6 nitrogen and oxygen atoms in total. The highest BCUT2D eigenvalue weighted by Gasteiger charge is 2.57. The first-order valence-corrected chi connectivity index (χ1v) is 10.8. The highest BCUT2D eigenvalue weighted by atomic mass is 35.5. The number of carbonyl (C=O) groups is 1. The molecule has 1 aliphatic carbocycles. The summed E-state index contributed by atoms with van der Waals surface area (Å²) < 4.78 is 0. The van der Waals surface area contributed by atoms with Gasteiger partial charge < -0.3 is 10.2 Å². The fourth-order valence-corrected chi connectivity index (χ4v) is 5.06. The second kappa shape index (κ2) is 9.24. The fraction of sp³-hybridized carbons (Fsp3) is 0.476. The number of nitro benzene ring substituents is 1. The van der Waals surface area contributed by atoms with Crippen molar-refractivity contribution >= 4 is 35.3 Å². The van der Waals surface area contributed by atoms with Crippen molar-refractivity contribution in [3.05, 3.63) is 62.3 Å². The number of non-ortho nitro benzene ring substituents is 1. The van der Waals surface area contributed by atoms with Gasteiger partial charge in [0.15, 0.2) is 0 Å². The zero-order valence-corrected chi connectivity index (χ0v) is 17.8. The number of nitrogens with one attached hydrogen (secondary N) is 1. The van der Waals surface area contributed by atoms with Gasteiger partial charge in [-0.15, -0.1) is 12.4 Å². The van der Waals surface area contributed by atoms with Gasteiger partial charge >= 0.3 is 0 Å². The molecule has 0 radical (unpaired) electrons. The van der Waals surface area contributed by atoms with E-state index < -0.39 is 0 Å². The van der Waals surface area contributed by atoms with Gasteiger partial charge in [0.05, 0.1) is 4.92 Å². The molecule has 1 aliphatic heterocycles. The second-order valence-corrected chi connectivity index (χ2v) is 8.69. The summed E-state index contributed by atoms with van der Waals surface area (Å²) in [6, 6.07) is 9.01. The lowest BCUT2D eigenvalue weighted by molar-refractivity contribution is -0.384. The van der Waals surface area contributed by atoms with Gasteiger partial charge in [-0.25, -0.2) is 0 Å². The van der Waals surface area contributed by atoms with Crippen molar-refractivity contribution in [1.82, 2.24) is 10.2 Å². The molecular weight excluding hydrogens is 410 g/mol. The van der Waals surface area contributed by atoms with Crippen LogP contribution in [0.3, 0.4) is 0 Å². The van der Waals surface area contributed by atoms with Crippen LogP contribution in [0.2, 0.25) is 0 Å². The molecule has 156 valence electrons. The van der Waals surface area contributed by atoms with Crippen LogP contribution in [0.4, 0.5) is 5.69 Å². The van der Waals surface area contributed by atoms with Crippen LogP contribution in [0.15, 0.2) is 41.1 Å². The Morgan fingerprint density at radius 2 is 2.07 bits per heavy atom. The first-order valence-electron chi connectivity index (χ1n) is 9.82. The van der Waals surface area contributed by atoms with Gasteiger partial charge in [0.1, 0.15) is 0 Å². The molecule has 2 aromatic rings. The van der Waals surface area contributed by atoms with Crippen molar-refractivity contribution in [2.75, 3.05) is 13.1 Å². The number of halogens is 1. The molecular formula is C21H26ClN3O3S. The van der Waals surface area contributed by atoms with Crippen molar-refractivity contribution in [1.29, 1.82) is 0 Å². The van der Waals surface area contributed by atoms with E-state index in [2.05, 4.69) is 21.7 Å². The molecule has 1 atom stereocenters. The number of carbonyl (C=O) groups excluding carboxylic acids is 1. The average Bonchev–Trinajstić information content (AvgIpc) is 3.13. The van der Waals surface area contributed by atoms with E-state index in [1.807, 2.05) is 11.4 Å². The van der Waals surface area contributed by atoms with Gasteiger partial charge in [0.2, 0.25) is 5.91 Å². The number of nitro groups is 1. The topological polar surface area (TPSA) is 75.5 Å². The largest absolute Gasteiger partial charge is 0.335 e. The zero-order chi connectivity index (χ0) is 19.6. The van der Waals surface area contributed by atoms with Gasteiger partial charge in [-0.05, 0) is 72.1 Å². The number of benzene rings is 1. The van der Waals surface area contributed by atoms with E-state index in [1.54, 1.807) is 23.5 Å². The van der Waals surface area contributed by atoms with E-state index >= 15 is 0 Å². The number of hydrogen-bond donors (Lipinski definition) is 1. The maximum Gasteiger partial charge on any atom is 0.269 e. The van der Waals surface area contributed by atoms with E-state index in [-0.39, 0.29) is 28.9 Å². The quantitative estimate of drug-likeness (QED) is 0.522. The third-order valence-electron chi connectivity index (χ3n) is 6.12. The normalized spacial score (nSPS) is 19.4. The van der Waals surface area contributed by atoms with E-state index in [0.717, 1.165) is 37.9 Å². The van der Waals surface area contributed by atoms with Gasteiger partial charge in [-0.3, -0.25) is 14.9 Å². The summed E-state index contributed by atoms with van der Waals surface area (Å²) in [6.07, 6.45) is 4.28. The van der Waals surface area contributed by atoms with E-state index in [4.69, 9.17) is 0 Å². The highest BCUT2D eigenvalue weighted by Crippen LogP contribution is 2.56. The number of piperidine rings is 1. The summed E-state index contributed by atoms with van der Waals surface area (Å²) >= 11 is 1.66. The lowest BCUT2D eigenvalue weighted by Crippen LogP contribution is -2.39. The highest BCUT2D eigenvalue weighted by molar-refractivity contribution is 7.07. The lowest BCUT2D eigenvalue weighted by atomic mass is 9.93. The van der Waals surface area contributed by atoms with Gasteiger partial charge in [0.25, 0.3) is 5.69 Å². The molecule has 29 heavy (non-hydrogen) atoms. The van der Waals surface area contributed by atoms with Crippen molar-refractivity contribution in [3.8, 4) is 0 Å². The number of rotatable bonds is 7. The van der Waals surface area contributed by atoms with Crippen LogP contribution in [-0.4, -0.2) is 34.9 Å². The molecule has 2 fully saturated rings. The Morgan fingerprint density at radius 1 is 1.28 bits per heavy atom. The van der Waals surface area contributed by atoms with E-state index in [1.165, 1.54) is 11.6 Å². The van der Waals surface area contributed by atoms with E-state index in [0.29, 0.717) is 30.8 Å². The second-order valence-electron chi connectivity index (χ2n) is 7.91. The minimum absolute atomic E-state index is 0. The number of thiophene rings is 1. The predicted molar refractivity (Wildman–Crippen MR) is 116 cm³/mol. The summed E-state index contributed by atoms with van der Waals surface area (Å²) in [5.41, 5.74) is 2.40. The molecule has 1 aromatic carbocycles. The first kappa shape index (κ1) is 21.7. The summed E-state index contributed by atoms with van der Waals surface area (Å²) in [6.45, 7) is 2.73. The average molecular weight is 436 g/mol. The summed E-state index contributed by atoms with van der Waals surface area (Å²) in [5.74, 6) is 0.151. The maximum absolute atomic E-state index is 13.1. The minimum Gasteiger partial charge on any atom is -0.335 e. The summed E-state index contributed by atoms with van der Waals surface area (Å²) in [4.78, 5) is 25.8. The molecule has 1 saturated heterocycles. The first-order chi connectivity index (χ1) is 13.6. The lowest BCUT2D eigenvalue weighted by Gasteiger charge is -2.29. The summed E-state index contributed by atoms with van der Waals surface area (Å²) in [7, 11) is 0. The van der Waals surface area contributed by atoms with Crippen LogP contribution < -0.4 is 5.32 Å². The Morgan fingerprint density at radius 3 is 2.76 bits per heavy atom. The van der Waals surface area contributed by atoms with Crippen molar-refractivity contribution in [2.24, 2.45) is 5.41 Å². The SMILES string of the molecule is Cl.O=C(CCc1cccc([N+](=O)[O-])c1)N(Cc1ccsc1)C1CC12CCNCC2. The number of aryl methyl sites for hydroxylation is 1. The van der Waals surface area contributed by atoms with Crippen LogP contribution in [0.5, 0.6) is 0 Å². The Hall–Kier alpha value is -1.96. The Labute approximate surface area is 180 Å². The third kappa shape index (κ3) is 4.97. The molecule has 2 heterocycles. The van der Waals surface area contributed by atoms with Crippen LogP contribution in [0, 0.1) is 15.5 Å². The molecule has 1 aromatic heterocycles. The summed E-state index contributed by atoms with van der Waals surface area (Å²) in [5, 5.41) is 18.6. The smallest absolute Gasteiger partial charge is 0.269 e. The Balaban J connectivity index is 0.00000240. The van der Waals surface area contributed by atoms with Gasteiger partial charge in [0, 0.05) is 31.1 Å². The maximum atomic E-state index is 13.1. The van der Waals surface area contributed by atoms with Crippen LogP contribution in [-0.2, 0) is 17.8 Å².